The van der Waals surface area contributed by atoms with Gasteiger partial charge in [-0.05, 0) is 36.2 Å². The van der Waals surface area contributed by atoms with Gasteiger partial charge in [0, 0.05) is 17.7 Å². The van der Waals surface area contributed by atoms with Crippen LogP contribution in [0.4, 0.5) is 0 Å². The Kier molecular flexibility index (Phi) is 4.13. The van der Waals surface area contributed by atoms with E-state index in [2.05, 4.69) is 5.32 Å². The van der Waals surface area contributed by atoms with Gasteiger partial charge in [0.1, 0.15) is 11.5 Å². The van der Waals surface area contributed by atoms with Gasteiger partial charge in [0.05, 0.1) is 5.92 Å². The molecular weight excluding hydrogens is 354 g/mol. The molecule has 0 spiro atoms. The Hall–Kier alpha value is -3.47. The average molecular weight is 373 g/mol. The van der Waals surface area contributed by atoms with Crippen molar-refractivity contribution in [1.29, 1.82) is 0 Å². The molecule has 2 aliphatic heterocycles. The van der Waals surface area contributed by atoms with Crippen LogP contribution in [-0.2, 0) is 11.2 Å². The Bertz CT molecular complexity index is 1000. The van der Waals surface area contributed by atoms with Gasteiger partial charge in [-0.3, -0.25) is 4.79 Å². The number of benzene rings is 3. The lowest BCUT2D eigenvalue weighted by Gasteiger charge is -2.27. The predicted molar refractivity (Wildman–Crippen MR) is 104 cm³/mol. The molecule has 2 aliphatic rings. The number of carbonyl (C=O) groups is 1. The van der Waals surface area contributed by atoms with Crippen molar-refractivity contribution in [2.75, 3.05) is 13.3 Å². The fourth-order valence-corrected chi connectivity index (χ4v) is 3.72. The van der Waals surface area contributed by atoms with E-state index in [1.165, 1.54) is 0 Å². The van der Waals surface area contributed by atoms with E-state index in [0.717, 1.165) is 46.1 Å². The molecule has 1 N–H and O–H groups in total. The van der Waals surface area contributed by atoms with Gasteiger partial charge in [0.15, 0.2) is 11.5 Å². The third-order valence-electron chi connectivity index (χ3n) is 5.09. The highest BCUT2D eigenvalue weighted by Crippen LogP contribution is 2.43. The third kappa shape index (κ3) is 2.95. The summed E-state index contributed by atoms with van der Waals surface area (Å²) in [5.74, 6) is 2.59. The SMILES string of the molecule is O=C(NCCc1ccc2c(c1)OCO2)C1c2ccccc2Oc2ccccc21. The molecule has 2 heterocycles. The first-order valence-corrected chi connectivity index (χ1v) is 9.31. The molecule has 0 fully saturated rings. The van der Waals surface area contributed by atoms with Crippen LogP contribution in [0.1, 0.15) is 22.6 Å². The monoisotopic (exact) mass is 373 g/mol. The Morgan fingerprint density at radius 1 is 0.857 bits per heavy atom. The van der Waals surface area contributed by atoms with Crippen molar-refractivity contribution in [2.24, 2.45) is 0 Å². The van der Waals surface area contributed by atoms with Crippen LogP contribution >= 0.6 is 0 Å². The van der Waals surface area contributed by atoms with Crippen molar-refractivity contribution in [2.45, 2.75) is 12.3 Å². The quantitative estimate of drug-likeness (QED) is 0.751. The maximum Gasteiger partial charge on any atom is 0.232 e. The number of nitrogens with one attached hydrogen (secondary N) is 1. The van der Waals surface area contributed by atoms with E-state index in [1.54, 1.807) is 0 Å². The van der Waals surface area contributed by atoms with Crippen LogP contribution < -0.4 is 19.5 Å². The molecule has 3 aromatic carbocycles. The highest BCUT2D eigenvalue weighted by Gasteiger charge is 2.32. The number of fused-ring (bicyclic) bond motifs is 3. The van der Waals surface area contributed by atoms with Crippen molar-refractivity contribution >= 4 is 5.91 Å². The Morgan fingerprint density at radius 2 is 1.54 bits per heavy atom. The first-order valence-electron chi connectivity index (χ1n) is 9.31. The van der Waals surface area contributed by atoms with Crippen molar-refractivity contribution in [3.05, 3.63) is 83.4 Å². The molecule has 5 nitrogen and oxygen atoms in total. The lowest BCUT2D eigenvalue weighted by atomic mass is 9.87. The standard InChI is InChI=1S/C23H19NO4/c25-23(24-12-11-15-9-10-20-21(13-15)27-14-26-20)22-16-5-1-3-7-18(16)28-19-8-4-2-6-17(19)22/h1-10,13,22H,11-12,14H2,(H,24,25). The summed E-state index contributed by atoms with van der Waals surface area (Å²) in [5.41, 5.74) is 2.88. The summed E-state index contributed by atoms with van der Waals surface area (Å²) in [5, 5.41) is 3.08. The first kappa shape index (κ1) is 16.7. The van der Waals surface area contributed by atoms with Crippen LogP contribution in [0.2, 0.25) is 0 Å². The third-order valence-corrected chi connectivity index (χ3v) is 5.09. The number of rotatable bonds is 4. The van der Waals surface area contributed by atoms with Gasteiger partial charge in [0.25, 0.3) is 0 Å². The summed E-state index contributed by atoms with van der Waals surface area (Å²) < 4.78 is 16.7. The van der Waals surface area contributed by atoms with Crippen LogP contribution in [0.3, 0.4) is 0 Å². The molecular formula is C23H19NO4. The van der Waals surface area contributed by atoms with E-state index in [-0.39, 0.29) is 18.6 Å². The van der Waals surface area contributed by atoms with E-state index in [1.807, 2.05) is 66.7 Å². The lowest BCUT2D eigenvalue weighted by molar-refractivity contribution is -0.121. The maximum atomic E-state index is 13.1. The molecule has 28 heavy (non-hydrogen) atoms. The summed E-state index contributed by atoms with van der Waals surface area (Å²) in [6, 6.07) is 21.3. The molecule has 0 saturated carbocycles. The Morgan fingerprint density at radius 3 is 2.29 bits per heavy atom. The number of ether oxygens (including phenoxy) is 3. The largest absolute Gasteiger partial charge is 0.457 e. The fourth-order valence-electron chi connectivity index (χ4n) is 3.72. The highest BCUT2D eigenvalue weighted by molar-refractivity contribution is 5.89. The van der Waals surface area contributed by atoms with E-state index in [0.29, 0.717) is 6.54 Å². The van der Waals surface area contributed by atoms with Crippen LogP contribution in [0.15, 0.2) is 66.7 Å². The van der Waals surface area contributed by atoms with Crippen LogP contribution in [-0.4, -0.2) is 19.2 Å². The second-order valence-corrected chi connectivity index (χ2v) is 6.84. The van der Waals surface area contributed by atoms with Crippen molar-refractivity contribution in [3.63, 3.8) is 0 Å². The molecule has 0 saturated heterocycles. The van der Waals surface area contributed by atoms with Crippen LogP contribution in [0.5, 0.6) is 23.0 Å². The summed E-state index contributed by atoms with van der Waals surface area (Å²) in [6.07, 6.45) is 0.717. The molecule has 3 aromatic rings. The first-order chi connectivity index (χ1) is 13.8. The number of hydrogen-bond donors (Lipinski definition) is 1. The zero-order chi connectivity index (χ0) is 18.9. The van der Waals surface area contributed by atoms with Gasteiger partial charge in [-0.2, -0.15) is 0 Å². The molecule has 140 valence electrons. The molecule has 0 unspecified atom stereocenters. The zero-order valence-corrected chi connectivity index (χ0v) is 15.2. The minimum atomic E-state index is -0.377. The maximum absolute atomic E-state index is 13.1. The molecule has 0 aromatic heterocycles. The van der Waals surface area contributed by atoms with Crippen LogP contribution in [0, 0.1) is 0 Å². The summed E-state index contributed by atoms with van der Waals surface area (Å²) in [4.78, 5) is 13.1. The number of carbonyl (C=O) groups excluding carboxylic acids is 1. The molecule has 0 atom stereocenters. The van der Waals surface area contributed by atoms with Gasteiger partial charge in [0.2, 0.25) is 12.7 Å². The summed E-state index contributed by atoms with van der Waals surface area (Å²) >= 11 is 0. The normalized spacial score (nSPS) is 14.0. The van der Waals surface area contributed by atoms with Gasteiger partial charge in [-0.15, -0.1) is 0 Å². The topological polar surface area (TPSA) is 56.8 Å². The van der Waals surface area contributed by atoms with Gasteiger partial charge >= 0.3 is 0 Å². The summed E-state index contributed by atoms with van der Waals surface area (Å²) in [7, 11) is 0. The van der Waals surface area contributed by atoms with E-state index in [9.17, 15) is 4.79 Å². The predicted octanol–water partition coefficient (Wildman–Crippen LogP) is 4.01. The average Bonchev–Trinajstić information content (AvgIpc) is 3.19. The van der Waals surface area contributed by atoms with Crippen LogP contribution in [0.25, 0.3) is 0 Å². The van der Waals surface area contributed by atoms with Gasteiger partial charge < -0.3 is 19.5 Å². The van der Waals surface area contributed by atoms with Crippen molar-refractivity contribution in [1.82, 2.24) is 5.32 Å². The molecule has 0 radical (unpaired) electrons. The zero-order valence-electron chi connectivity index (χ0n) is 15.2. The molecule has 1 amide bonds. The Labute approximate surface area is 162 Å². The number of hydrogen-bond acceptors (Lipinski definition) is 4. The second kappa shape index (κ2) is 6.93. The second-order valence-electron chi connectivity index (χ2n) is 6.84. The highest BCUT2D eigenvalue weighted by atomic mass is 16.7. The van der Waals surface area contributed by atoms with Crippen molar-refractivity contribution < 1.29 is 19.0 Å². The fraction of sp³-hybridized carbons (Fsp3) is 0.174. The molecule has 5 rings (SSSR count). The van der Waals surface area contributed by atoms with Crippen molar-refractivity contribution in [3.8, 4) is 23.0 Å². The lowest BCUT2D eigenvalue weighted by Crippen LogP contribution is -2.33. The smallest absolute Gasteiger partial charge is 0.232 e. The van der Waals surface area contributed by atoms with E-state index < -0.39 is 0 Å². The Balaban J connectivity index is 1.33. The van der Waals surface area contributed by atoms with Gasteiger partial charge in [-0.25, -0.2) is 0 Å². The molecule has 5 heteroatoms. The molecule has 0 bridgehead atoms. The summed E-state index contributed by atoms with van der Waals surface area (Å²) in [6.45, 7) is 0.804. The van der Waals surface area contributed by atoms with Gasteiger partial charge in [-0.1, -0.05) is 42.5 Å². The molecule has 0 aliphatic carbocycles. The van der Waals surface area contributed by atoms with E-state index in [4.69, 9.17) is 14.2 Å². The minimum Gasteiger partial charge on any atom is -0.457 e. The number of amides is 1. The van der Waals surface area contributed by atoms with E-state index >= 15 is 0 Å². The number of para-hydroxylation sites is 2. The minimum absolute atomic E-state index is 0.0241.